The molecule has 0 radical (unpaired) electrons. The van der Waals surface area contributed by atoms with E-state index in [2.05, 4.69) is 5.32 Å². The first-order chi connectivity index (χ1) is 13.2. The number of ether oxygens (including phenoxy) is 2. The maximum absolute atomic E-state index is 12.7. The molecule has 0 aliphatic carbocycles. The average molecular weight is 388 g/mol. The van der Waals surface area contributed by atoms with Crippen molar-refractivity contribution >= 4 is 28.6 Å². The van der Waals surface area contributed by atoms with Gasteiger partial charge in [-0.15, -0.1) is 11.3 Å². The molecule has 27 heavy (non-hydrogen) atoms. The average Bonchev–Trinajstić information content (AvgIpc) is 3.22. The van der Waals surface area contributed by atoms with E-state index in [-0.39, 0.29) is 24.2 Å². The van der Waals surface area contributed by atoms with Gasteiger partial charge in [-0.3, -0.25) is 4.79 Å². The van der Waals surface area contributed by atoms with Crippen molar-refractivity contribution in [2.45, 2.75) is 31.5 Å². The fourth-order valence-corrected chi connectivity index (χ4v) is 3.65. The molecular formula is C20H24N2O4S. The fraction of sp³-hybridized carbons (Fsp3) is 0.350. The van der Waals surface area contributed by atoms with E-state index in [4.69, 9.17) is 20.3 Å². The highest BCUT2D eigenvalue weighted by Crippen LogP contribution is 2.34. The minimum atomic E-state index is -0.505. The summed E-state index contributed by atoms with van der Waals surface area (Å²) < 4.78 is 11.6. The standard InChI is InChI=1S/C20H24N2O4S/c21-15-6-1-2-7-16(15)22-20(24)17-12-14(18-8-5-11-27-18)13-19(26-17)25-10-4-3-9-23/h1-2,5-8,11-12,14,19,23H,3-4,9-10,13,21H2,(H,22,24)/t14-,19+/m0/s1. The summed E-state index contributed by atoms with van der Waals surface area (Å²) in [6.07, 6.45) is 3.40. The maximum atomic E-state index is 12.7. The molecule has 0 saturated carbocycles. The Labute approximate surface area is 162 Å². The van der Waals surface area contributed by atoms with Crippen molar-refractivity contribution in [1.29, 1.82) is 0 Å². The smallest absolute Gasteiger partial charge is 0.290 e. The summed E-state index contributed by atoms with van der Waals surface area (Å²) in [7, 11) is 0. The zero-order valence-corrected chi connectivity index (χ0v) is 15.8. The predicted molar refractivity (Wildman–Crippen MR) is 106 cm³/mol. The number of amides is 1. The second kappa shape index (κ2) is 9.55. The van der Waals surface area contributed by atoms with Gasteiger partial charge in [0.25, 0.3) is 5.91 Å². The van der Waals surface area contributed by atoms with Crippen LogP contribution in [0.2, 0.25) is 0 Å². The number of nitrogens with two attached hydrogens (primary N) is 1. The van der Waals surface area contributed by atoms with Crippen LogP contribution in [0.4, 0.5) is 11.4 Å². The number of para-hydroxylation sites is 2. The number of nitrogens with one attached hydrogen (secondary N) is 1. The Morgan fingerprint density at radius 1 is 1.30 bits per heavy atom. The number of carbonyl (C=O) groups excluding carboxylic acids is 1. The van der Waals surface area contributed by atoms with Gasteiger partial charge in [0.05, 0.1) is 18.0 Å². The number of rotatable bonds is 8. The molecule has 0 bridgehead atoms. The number of thiophene rings is 1. The number of carbonyl (C=O) groups is 1. The van der Waals surface area contributed by atoms with Crippen LogP contribution in [0.3, 0.4) is 0 Å². The first-order valence-electron chi connectivity index (χ1n) is 8.97. The van der Waals surface area contributed by atoms with Gasteiger partial charge >= 0.3 is 0 Å². The van der Waals surface area contributed by atoms with Crippen LogP contribution in [0.1, 0.15) is 30.1 Å². The monoisotopic (exact) mass is 388 g/mol. The Bertz CT molecular complexity index is 776. The number of hydrogen-bond donors (Lipinski definition) is 3. The molecule has 144 valence electrons. The van der Waals surface area contributed by atoms with Crippen molar-refractivity contribution in [1.82, 2.24) is 0 Å². The van der Waals surface area contributed by atoms with Gasteiger partial charge in [0.1, 0.15) is 0 Å². The Hall–Kier alpha value is -2.35. The Morgan fingerprint density at radius 3 is 2.89 bits per heavy atom. The van der Waals surface area contributed by atoms with Gasteiger partial charge in [-0.05, 0) is 42.5 Å². The molecule has 2 heterocycles. The minimum absolute atomic E-state index is 0.0514. The molecule has 2 atom stereocenters. The zero-order chi connectivity index (χ0) is 19.1. The number of benzene rings is 1. The highest BCUT2D eigenvalue weighted by atomic mass is 32.1. The van der Waals surface area contributed by atoms with Crippen LogP contribution in [0, 0.1) is 0 Å². The van der Waals surface area contributed by atoms with Crippen LogP contribution in [-0.2, 0) is 14.3 Å². The van der Waals surface area contributed by atoms with Crippen molar-refractivity contribution in [2.75, 3.05) is 24.3 Å². The summed E-state index contributed by atoms with van der Waals surface area (Å²) in [5.41, 5.74) is 6.95. The summed E-state index contributed by atoms with van der Waals surface area (Å²) in [5, 5.41) is 13.7. The van der Waals surface area contributed by atoms with E-state index in [1.54, 1.807) is 23.5 Å². The van der Waals surface area contributed by atoms with Gasteiger partial charge in [0, 0.05) is 23.8 Å². The summed E-state index contributed by atoms with van der Waals surface area (Å²) in [5.74, 6) is -0.0661. The van der Waals surface area contributed by atoms with E-state index < -0.39 is 6.29 Å². The molecule has 1 aromatic heterocycles. The van der Waals surface area contributed by atoms with E-state index in [1.165, 1.54) is 0 Å². The second-order valence-corrected chi connectivity index (χ2v) is 7.26. The van der Waals surface area contributed by atoms with E-state index in [0.29, 0.717) is 30.8 Å². The molecule has 1 aromatic carbocycles. The van der Waals surface area contributed by atoms with Gasteiger partial charge in [0.15, 0.2) is 5.76 Å². The van der Waals surface area contributed by atoms with Crippen molar-refractivity contribution in [2.24, 2.45) is 0 Å². The Morgan fingerprint density at radius 2 is 2.15 bits per heavy atom. The first kappa shape index (κ1) is 19.4. The van der Waals surface area contributed by atoms with E-state index in [0.717, 1.165) is 11.3 Å². The van der Waals surface area contributed by atoms with Crippen LogP contribution in [0.5, 0.6) is 0 Å². The molecule has 4 N–H and O–H groups in total. The van der Waals surface area contributed by atoms with Crippen LogP contribution < -0.4 is 11.1 Å². The lowest BCUT2D eigenvalue weighted by Gasteiger charge is -2.28. The molecule has 0 unspecified atom stereocenters. The molecule has 1 aliphatic heterocycles. The minimum Gasteiger partial charge on any atom is -0.459 e. The summed E-state index contributed by atoms with van der Waals surface area (Å²) in [6, 6.07) is 11.1. The molecule has 2 aromatic rings. The maximum Gasteiger partial charge on any atom is 0.290 e. The van der Waals surface area contributed by atoms with Gasteiger partial charge in [0.2, 0.25) is 6.29 Å². The topological polar surface area (TPSA) is 93.8 Å². The summed E-state index contributed by atoms with van der Waals surface area (Å²) in [4.78, 5) is 13.9. The van der Waals surface area contributed by atoms with Crippen molar-refractivity contribution in [3.63, 3.8) is 0 Å². The highest BCUT2D eigenvalue weighted by molar-refractivity contribution is 7.10. The largest absolute Gasteiger partial charge is 0.459 e. The van der Waals surface area contributed by atoms with Crippen LogP contribution in [0.15, 0.2) is 53.6 Å². The lowest BCUT2D eigenvalue weighted by Crippen LogP contribution is -2.29. The molecule has 0 spiro atoms. The molecule has 1 amide bonds. The summed E-state index contributed by atoms with van der Waals surface area (Å²) in [6.45, 7) is 0.613. The van der Waals surface area contributed by atoms with E-state index >= 15 is 0 Å². The lowest BCUT2D eigenvalue weighted by atomic mass is 9.99. The third-order valence-corrected chi connectivity index (χ3v) is 5.26. The van der Waals surface area contributed by atoms with Crippen LogP contribution in [0.25, 0.3) is 0 Å². The quantitative estimate of drug-likeness (QED) is 0.475. The first-order valence-corrected chi connectivity index (χ1v) is 9.85. The van der Waals surface area contributed by atoms with Crippen molar-refractivity contribution in [3.8, 4) is 0 Å². The lowest BCUT2D eigenvalue weighted by molar-refractivity contribution is -0.143. The molecule has 1 aliphatic rings. The molecule has 3 rings (SSSR count). The van der Waals surface area contributed by atoms with Crippen LogP contribution >= 0.6 is 11.3 Å². The molecule has 7 heteroatoms. The highest BCUT2D eigenvalue weighted by Gasteiger charge is 2.29. The molecular weight excluding hydrogens is 364 g/mol. The van der Waals surface area contributed by atoms with E-state index in [9.17, 15) is 4.79 Å². The number of unbranched alkanes of at least 4 members (excludes halogenated alkanes) is 1. The second-order valence-electron chi connectivity index (χ2n) is 6.28. The summed E-state index contributed by atoms with van der Waals surface area (Å²) >= 11 is 1.64. The molecule has 6 nitrogen and oxygen atoms in total. The van der Waals surface area contributed by atoms with Crippen molar-refractivity contribution in [3.05, 3.63) is 58.5 Å². The van der Waals surface area contributed by atoms with Crippen LogP contribution in [-0.4, -0.2) is 30.5 Å². The third kappa shape index (κ3) is 5.32. The number of hydrogen-bond acceptors (Lipinski definition) is 6. The van der Waals surface area contributed by atoms with E-state index in [1.807, 2.05) is 35.7 Å². The molecule has 0 fully saturated rings. The fourth-order valence-electron chi connectivity index (χ4n) is 2.84. The number of allylic oxidation sites excluding steroid dienone is 1. The number of nitrogen functional groups attached to an aromatic ring is 1. The number of aliphatic hydroxyl groups is 1. The SMILES string of the molecule is Nc1ccccc1NC(=O)C1=C[C@H](c2cccs2)C[C@H](OCCCCO)O1. The molecule has 0 saturated heterocycles. The normalized spacial score (nSPS) is 19.2. The number of anilines is 2. The zero-order valence-electron chi connectivity index (χ0n) is 15.0. The van der Waals surface area contributed by atoms with Gasteiger partial charge in [-0.1, -0.05) is 18.2 Å². The predicted octanol–water partition coefficient (Wildman–Crippen LogP) is 3.47. The van der Waals surface area contributed by atoms with Gasteiger partial charge in [-0.2, -0.15) is 0 Å². The van der Waals surface area contributed by atoms with Gasteiger partial charge in [-0.25, -0.2) is 0 Å². The number of aliphatic hydroxyl groups excluding tert-OH is 1. The van der Waals surface area contributed by atoms with Gasteiger partial charge < -0.3 is 25.6 Å². The van der Waals surface area contributed by atoms with Crippen molar-refractivity contribution < 1.29 is 19.4 Å². The Balaban J connectivity index is 1.72. The Kier molecular flexibility index (Phi) is 6.86. The third-order valence-electron chi connectivity index (χ3n) is 4.25.